The van der Waals surface area contributed by atoms with E-state index in [4.69, 9.17) is 4.74 Å². The zero-order valence-corrected chi connectivity index (χ0v) is 18.3. The zero-order chi connectivity index (χ0) is 22.5. The average Bonchev–Trinajstić information content (AvgIpc) is 2.98. The molecule has 0 aromatic heterocycles. The number of hydrogen-bond donors (Lipinski definition) is 2. The molecular weight excluding hydrogens is 386 g/mol. The first-order valence-corrected chi connectivity index (χ1v) is 10.4. The summed E-state index contributed by atoms with van der Waals surface area (Å²) in [4.78, 5) is 50.4. The first-order chi connectivity index (χ1) is 14.2. The van der Waals surface area contributed by atoms with Crippen LogP contribution in [-0.2, 0) is 19.1 Å². The van der Waals surface area contributed by atoms with Crippen molar-refractivity contribution in [1.82, 2.24) is 10.2 Å². The lowest BCUT2D eigenvalue weighted by atomic mass is 9.93. The van der Waals surface area contributed by atoms with Gasteiger partial charge in [-0.1, -0.05) is 45.9 Å². The molecule has 2 rings (SSSR count). The summed E-state index contributed by atoms with van der Waals surface area (Å²) in [5.41, 5.74) is 0.686. The lowest BCUT2D eigenvalue weighted by molar-refractivity contribution is -0.155. The van der Waals surface area contributed by atoms with Crippen LogP contribution in [0.25, 0.3) is 0 Å². The minimum Gasteiger partial charge on any atom is -0.451 e. The van der Waals surface area contributed by atoms with Gasteiger partial charge in [0.2, 0.25) is 0 Å². The number of carbonyl (C=O) groups is 4. The monoisotopic (exact) mass is 417 g/mol. The predicted molar refractivity (Wildman–Crippen MR) is 113 cm³/mol. The summed E-state index contributed by atoms with van der Waals surface area (Å²) in [6.07, 6.45) is 0.688. The summed E-state index contributed by atoms with van der Waals surface area (Å²) in [6, 6.07) is 6.86. The van der Waals surface area contributed by atoms with E-state index in [9.17, 15) is 19.2 Å². The van der Waals surface area contributed by atoms with E-state index in [1.165, 1.54) is 6.92 Å². The fourth-order valence-electron chi connectivity index (χ4n) is 3.46. The SMILES string of the molecule is CC[C@@H](C)c1ccccc1NC(=O)[C@H](C)OC(=O)CN1C(=O)NC(CC)(CC)C1=O. The summed E-state index contributed by atoms with van der Waals surface area (Å²) < 4.78 is 5.18. The standard InChI is InChI=1S/C22H31N3O5/c1-6-14(4)16-11-9-10-12-17(16)23-19(27)15(5)30-18(26)13-25-20(28)22(7-2,8-3)24-21(25)29/h9-12,14-15H,6-8,13H2,1-5H3,(H,23,27)(H,24,29)/t14-,15+/m1/s1. The number of para-hydroxylation sites is 1. The van der Waals surface area contributed by atoms with E-state index in [1.54, 1.807) is 19.9 Å². The fourth-order valence-corrected chi connectivity index (χ4v) is 3.46. The number of carbonyl (C=O) groups excluding carboxylic acids is 4. The molecule has 1 aliphatic rings. The van der Waals surface area contributed by atoms with Crippen molar-refractivity contribution in [1.29, 1.82) is 0 Å². The van der Waals surface area contributed by atoms with Gasteiger partial charge in [-0.2, -0.15) is 0 Å². The molecule has 1 heterocycles. The van der Waals surface area contributed by atoms with Crippen LogP contribution >= 0.6 is 0 Å². The van der Waals surface area contributed by atoms with Gasteiger partial charge in [-0.05, 0) is 43.7 Å². The summed E-state index contributed by atoms with van der Waals surface area (Å²) in [6.45, 7) is 8.65. The number of nitrogens with zero attached hydrogens (tertiary/aromatic N) is 1. The van der Waals surface area contributed by atoms with Crippen molar-refractivity contribution in [2.75, 3.05) is 11.9 Å². The third-order valence-corrected chi connectivity index (χ3v) is 5.78. The van der Waals surface area contributed by atoms with Gasteiger partial charge in [0.1, 0.15) is 12.1 Å². The number of rotatable bonds is 9. The Balaban J connectivity index is 1.99. The molecule has 0 unspecified atom stereocenters. The van der Waals surface area contributed by atoms with Crippen molar-refractivity contribution in [3.8, 4) is 0 Å². The molecule has 4 amide bonds. The number of amides is 4. The van der Waals surface area contributed by atoms with E-state index in [2.05, 4.69) is 24.5 Å². The Labute approximate surface area is 177 Å². The predicted octanol–water partition coefficient (Wildman–Crippen LogP) is 3.18. The maximum absolute atomic E-state index is 12.6. The highest BCUT2D eigenvalue weighted by atomic mass is 16.5. The second-order valence-corrected chi connectivity index (χ2v) is 7.63. The Morgan fingerprint density at radius 3 is 2.33 bits per heavy atom. The number of benzene rings is 1. The number of urea groups is 1. The van der Waals surface area contributed by atoms with Crippen molar-refractivity contribution in [2.45, 2.75) is 71.4 Å². The molecule has 0 bridgehead atoms. The molecule has 1 aromatic carbocycles. The quantitative estimate of drug-likeness (QED) is 0.474. The highest BCUT2D eigenvalue weighted by Gasteiger charge is 2.49. The van der Waals surface area contributed by atoms with Crippen LogP contribution in [0.5, 0.6) is 0 Å². The summed E-state index contributed by atoms with van der Waals surface area (Å²) in [7, 11) is 0. The number of esters is 1. The number of anilines is 1. The molecule has 30 heavy (non-hydrogen) atoms. The molecule has 2 N–H and O–H groups in total. The average molecular weight is 418 g/mol. The second kappa shape index (κ2) is 9.73. The van der Waals surface area contributed by atoms with Crippen LogP contribution in [0, 0.1) is 0 Å². The molecule has 164 valence electrons. The molecule has 8 heteroatoms. The summed E-state index contributed by atoms with van der Waals surface area (Å²) in [5.74, 6) is -1.49. The number of ether oxygens (including phenoxy) is 1. The van der Waals surface area contributed by atoms with Crippen molar-refractivity contribution in [3.63, 3.8) is 0 Å². The van der Waals surface area contributed by atoms with Gasteiger partial charge >= 0.3 is 12.0 Å². The van der Waals surface area contributed by atoms with Crippen LogP contribution in [-0.4, -0.2) is 46.9 Å². The lowest BCUT2D eigenvalue weighted by Gasteiger charge is -2.23. The maximum Gasteiger partial charge on any atom is 0.327 e. The van der Waals surface area contributed by atoms with E-state index >= 15 is 0 Å². The van der Waals surface area contributed by atoms with Gasteiger partial charge in [0.15, 0.2) is 6.10 Å². The minimum atomic E-state index is -1.08. The molecule has 1 aromatic rings. The maximum atomic E-state index is 12.6. The third-order valence-electron chi connectivity index (χ3n) is 5.78. The largest absolute Gasteiger partial charge is 0.451 e. The smallest absolute Gasteiger partial charge is 0.327 e. The minimum absolute atomic E-state index is 0.261. The number of hydrogen-bond acceptors (Lipinski definition) is 5. The Morgan fingerprint density at radius 1 is 1.13 bits per heavy atom. The van der Waals surface area contributed by atoms with Crippen LogP contribution < -0.4 is 10.6 Å². The van der Waals surface area contributed by atoms with Crippen LogP contribution in [0.2, 0.25) is 0 Å². The van der Waals surface area contributed by atoms with Gasteiger partial charge in [-0.15, -0.1) is 0 Å². The van der Waals surface area contributed by atoms with Gasteiger partial charge in [-0.25, -0.2) is 4.79 Å². The van der Waals surface area contributed by atoms with Gasteiger partial charge in [0.25, 0.3) is 11.8 Å². The van der Waals surface area contributed by atoms with Gasteiger partial charge < -0.3 is 15.4 Å². The van der Waals surface area contributed by atoms with Crippen LogP contribution in [0.15, 0.2) is 24.3 Å². The zero-order valence-electron chi connectivity index (χ0n) is 18.3. The Kier molecular flexibility index (Phi) is 7.59. The molecule has 2 atom stereocenters. The van der Waals surface area contributed by atoms with E-state index in [1.807, 2.05) is 18.2 Å². The van der Waals surface area contributed by atoms with E-state index in [-0.39, 0.29) is 5.92 Å². The molecule has 1 fully saturated rings. The normalized spacial score (nSPS) is 17.3. The second-order valence-electron chi connectivity index (χ2n) is 7.63. The molecule has 0 aliphatic carbocycles. The van der Waals surface area contributed by atoms with E-state index in [0.29, 0.717) is 18.5 Å². The number of nitrogens with one attached hydrogen (secondary N) is 2. The first-order valence-electron chi connectivity index (χ1n) is 10.4. The Morgan fingerprint density at radius 2 is 1.77 bits per heavy atom. The number of imide groups is 1. The first kappa shape index (κ1) is 23.4. The molecule has 0 saturated carbocycles. The third kappa shape index (κ3) is 4.80. The Hall–Kier alpha value is -2.90. The topological polar surface area (TPSA) is 105 Å². The fraction of sp³-hybridized carbons (Fsp3) is 0.545. The van der Waals surface area contributed by atoms with Crippen LogP contribution in [0.4, 0.5) is 10.5 Å². The molecule has 0 radical (unpaired) electrons. The van der Waals surface area contributed by atoms with Crippen molar-refractivity contribution < 1.29 is 23.9 Å². The van der Waals surface area contributed by atoms with Crippen LogP contribution in [0.1, 0.15) is 65.4 Å². The molecule has 1 saturated heterocycles. The van der Waals surface area contributed by atoms with Gasteiger partial charge in [0.05, 0.1) is 0 Å². The highest BCUT2D eigenvalue weighted by molar-refractivity contribution is 6.08. The van der Waals surface area contributed by atoms with Gasteiger partial charge in [-0.3, -0.25) is 19.3 Å². The highest BCUT2D eigenvalue weighted by Crippen LogP contribution is 2.27. The summed E-state index contributed by atoms with van der Waals surface area (Å²) >= 11 is 0. The lowest BCUT2D eigenvalue weighted by Crippen LogP contribution is -2.46. The molecular formula is C22H31N3O5. The van der Waals surface area contributed by atoms with Crippen molar-refractivity contribution in [3.05, 3.63) is 29.8 Å². The van der Waals surface area contributed by atoms with Crippen LogP contribution in [0.3, 0.4) is 0 Å². The van der Waals surface area contributed by atoms with E-state index in [0.717, 1.165) is 16.9 Å². The van der Waals surface area contributed by atoms with E-state index < -0.39 is 42.0 Å². The summed E-state index contributed by atoms with van der Waals surface area (Å²) in [5, 5.41) is 5.45. The molecule has 8 nitrogen and oxygen atoms in total. The molecule has 0 spiro atoms. The molecule has 1 aliphatic heterocycles. The van der Waals surface area contributed by atoms with Gasteiger partial charge in [0, 0.05) is 5.69 Å². The van der Waals surface area contributed by atoms with Crippen molar-refractivity contribution >= 4 is 29.5 Å². The van der Waals surface area contributed by atoms with Crippen molar-refractivity contribution in [2.24, 2.45) is 0 Å². The Bertz CT molecular complexity index is 819.